The molecule has 0 aromatic carbocycles. The van der Waals surface area contributed by atoms with Crippen molar-refractivity contribution >= 4 is 0 Å². The zero-order valence-electron chi connectivity index (χ0n) is 11.5. The molecule has 96 valence electrons. The lowest BCUT2D eigenvalue weighted by Crippen LogP contribution is -2.62. The molecule has 0 spiro atoms. The summed E-state index contributed by atoms with van der Waals surface area (Å²) in [4.78, 5) is 0. The van der Waals surface area contributed by atoms with E-state index in [-0.39, 0.29) is 17.0 Å². The Morgan fingerprint density at radius 1 is 1.31 bits per heavy atom. The smallest absolute Gasteiger partial charge is 0.0359 e. The first kappa shape index (κ1) is 15.5. The molecule has 3 nitrogen and oxygen atoms in total. The first-order valence-electron chi connectivity index (χ1n) is 6.11. The number of nitrogens with two attached hydrogens (primary N) is 3. The Bertz CT molecular complexity index is 240. The molecule has 2 unspecified atom stereocenters. The topological polar surface area (TPSA) is 78.1 Å². The second-order valence-corrected chi connectivity index (χ2v) is 5.82. The van der Waals surface area contributed by atoms with Gasteiger partial charge in [-0.2, -0.15) is 0 Å². The third-order valence-corrected chi connectivity index (χ3v) is 3.72. The Kier molecular flexibility index (Phi) is 5.50. The molecule has 0 bridgehead atoms. The fourth-order valence-corrected chi connectivity index (χ4v) is 1.97. The highest BCUT2D eigenvalue weighted by Crippen LogP contribution is 2.35. The van der Waals surface area contributed by atoms with Gasteiger partial charge >= 0.3 is 0 Å². The summed E-state index contributed by atoms with van der Waals surface area (Å²) in [5, 5.41) is 0. The predicted molar refractivity (Wildman–Crippen MR) is 71.8 cm³/mol. The minimum absolute atomic E-state index is 0.00267. The fraction of sp³-hybridized carbons (Fsp3) is 0.846. The van der Waals surface area contributed by atoms with Crippen molar-refractivity contribution in [1.29, 1.82) is 0 Å². The van der Waals surface area contributed by atoms with Gasteiger partial charge in [0, 0.05) is 11.6 Å². The third-order valence-electron chi connectivity index (χ3n) is 3.72. The van der Waals surface area contributed by atoms with Crippen LogP contribution >= 0.6 is 0 Å². The van der Waals surface area contributed by atoms with E-state index in [2.05, 4.69) is 27.7 Å². The van der Waals surface area contributed by atoms with Crippen LogP contribution in [0.15, 0.2) is 11.8 Å². The van der Waals surface area contributed by atoms with E-state index in [1.165, 1.54) is 5.57 Å². The lowest BCUT2D eigenvalue weighted by atomic mass is 9.66. The zero-order valence-corrected chi connectivity index (χ0v) is 11.5. The van der Waals surface area contributed by atoms with Crippen LogP contribution in [0, 0.1) is 5.41 Å². The van der Waals surface area contributed by atoms with Crippen molar-refractivity contribution in [2.24, 2.45) is 22.6 Å². The molecule has 0 aliphatic carbocycles. The monoisotopic (exact) mass is 227 g/mol. The summed E-state index contributed by atoms with van der Waals surface area (Å²) >= 11 is 0. The van der Waals surface area contributed by atoms with Crippen LogP contribution in [0.5, 0.6) is 0 Å². The molecule has 0 aliphatic rings. The molecule has 0 saturated heterocycles. The van der Waals surface area contributed by atoms with Crippen molar-refractivity contribution in [2.45, 2.75) is 65.5 Å². The number of rotatable bonds is 5. The third kappa shape index (κ3) is 3.49. The van der Waals surface area contributed by atoms with Gasteiger partial charge in [-0.15, -0.1) is 0 Å². The molecule has 0 aromatic rings. The van der Waals surface area contributed by atoms with E-state index in [0.717, 1.165) is 19.3 Å². The molecule has 0 aromatic heterocycles. The van der Waals surface area contributed by atoms with Crippen LogP contribution in [0.25, 0.3) is 0 Å². The van der Waals surface area contributed by atoms with Gasteiger partial charge in [0.05, 0.1) is 0 Å². The SMILES string of the molecule is CCC(N)C(N)(CC/C(C)=C/N)C(C)(C)C. The van der Waals surface area contributed by atoms with Crippen molar-refractivity contribution in [1.82, 2.24) is 0 Å². The Morgan fingerprint density at radius 2 is 1.81 bits per heavy atom. The van der Waals surface area contributed by atoms with E-state index >= 15 is 0 Å². The Morgan fingerprint density at radius 3 is 2.12 bits per heavy atom. The minimum Gasteiger partial charge on any atom is -0.405 e. The average molecular weight is 227 g/mol. The van der Waals surface area contributed by atoms with Crippen molar-refractivity contribution in [3.05, 3.63) is 11.8 Å². The van der Waals surface area contributed by atoms with Crippen LogP contribution in [0.2, 0.25) is 0 Å². The first-order chi connectivity index (χ1) is 7.19. The maximum absolute atomic E-state index is 6.54. The van der Waals surface area contributed by atoms with Crippen molar-refractivity contribution in [3.63, 3.8) is 0 Å². The highest BCUT2D eigenvalue weighted by atomic mass is 14.9. The highest BCUT2D eigenvalue weighted by Gasteiger charge is 2.41. The molecule has 6 N–H and O–H groups in total. The molecule has 0 rings (SSSR count). The van der Waals surface area contributed by atoms with Crippen LogP contribution < -0.4 is 17.2 Å². The Hall–Kier alpha value is -0.540. The summed E-state index contributed by atoms with van der Waals surface area (Å²) in [6.45, 7) is 10.6. The molecule has 0 heterocycles. The van der Waals surface area contributed by atoms with E-state index in [9.17, 15) is 0 Å². The molecule has 0 amide bonds. The molecule has 0 radical (unpaired) electrons. The number of allylic oxidation sites excluding steroid dienone is 1. The molecule has 2 atom stereocenters. The van der Waals surface area contributed by atoms with Gasteiger partial charge in [0.15, 0.2) is 0 Å². The first-order valence-corrected chi connectivity index (χ1v) is 6.11. The predicted octanol–water partition coefficient (Wildman–Crippen LogP) is 2.11. The standard InChI is InChI=1S/C13H29N3/c1-6-11(15)13(16,12(3,4)5)8-7-10(2)9-14/h9,11H,6-8,14-16H2,1-5H3/b10-9+. The molecular formula is C13H29N3. The van der Waals surface area contributed by atoms with Crippen LogP contribution in [-0.2, 0) is 0 Å². The fourth-order valence-electron chi connectivity index (χ4n) is 1.97. The summed E-state index contributed by atoms with van der Waals surface area (Å²) in [6.07, 6.45) is 4.35. The van der Waals surface area contributed by atoms with E-state index in [1.807, 2.05) is 6.92 Å². The quantitative estimate of drug-likeness (QED) is 0.673. The second kappa shape index (κ2) is 5.69. The van der Waals surface area contributed by atoms with Crippen LogP contribution in [0.4, 0.5) is 0 Å². The maximum atomic E-state index is 6.54. The van der Waals surface area contributed by atoms with Gasteiger partial charge in [0.25, 0.3) is 0 Å². The second-order valence-electron chi connectivity index (χ2n) is 5.82. The normalized spacial score (nSPS) is 19.3. The van der Waals surface area contributed by atoms with E-state index in [4.69, 9.17) is 17.2 Å². The van der Waals surface area contributed by atoms with E-state index < -0.39 is 0 Å². The summed E-state index contributed by atoms with van der Waals surface area (Å²) in [5.41, 5.74) is 19.0. The molecule has 16 heavy (non-hydrogen) atoms. The molecular weight excluding hydrogens is 198 g/mol. The number of hydrogen-bond acceptors (Lipinski definition) is 3. The van der Waals surface area contributed by atoms with Crippen LogP contribution in [0.1, 0.15) is 53.9 Å². The van der Waals surface area contributed by atoms with Gasteiger partial charge in [-0.25, -0.2) is 0 Å². The molecule has 3 heteroatoms. The van der Waals surface area contributed by atoms with Crippen molar-refractivity contribution in [3.8, 4) is 0 Å². The van der Waals surface area contributed by atoms with Crippen molar-refractivity contribution in [2.75, 3.05) is 0 Å². The lowest BCUT2D eigenvalue weighted by Gasteiger charge is -2.46. The van der Waals surface area contributed by atoms with Gasteiger partial charge < -0.3 is 17.2 Å². The van der Waals surface area contributed by atoms with Gasteiger partial charge in [0.2, 0.25) is 0 Å². The van der Waals surface area contributed by atoms with Crippen molar-refractivity contribution < 1.29 is 0 Å². The van der Waals surface area contributed by atoms with E-state index in [0.29, 0.717) is 0 Å². The molecule has 0 fully saturated rings. The molecule has 0 saturated carbocycles. The Balaban J connectivity index is 4.82. The van der Waals surface area contributed by atoms with Crippen LogP contribution in [0.3, 0.4) is 0 Å². The summed E-state index contributed by atoms with van der Waals surface area (Å²) in [7, 11) is 0. The zero-order chi connectivity index (χ0) is 13.0. The van der Waals surface area contributed by atoms with Crippen LogP contribution in [-0.4, -0.2) is 11.6 Å². The largest absolute Gasteiger partial charge is 0.405 e. The number of hydrogen-bond donors (Lipinski definition) is 3. The summed E-state index contributed by atoms with van der Waals surface area (Å²) < 4.78 is 0. The Labute approximate surface area is 100 Å². The van der Waals surface area contributed by atoms with Gasteiger partial charge in [-0.1, -0.05) is 33.3 Å². The van der Waals surface area contributed by atoms with Gasteiger partial charge in [-0.05, 0) is 37.8 Å². The van der Waals surface area contributed by atoms with Gasteiger partial charge in [-0.3, -0.25) is 0 Å². The van der Waals surface area contributed by atoms with E-state index in [1.54, 1.807) is 6.20 Å². The summed E-state index contributed by atoms with van der Waals surface area (Å²) in [6, 6.07) is 0.0260. The average Bonchev–Trinajstić information content (AvgIpc) is 2.22. The lowest BCUT2D eigenvalue weighted by molar-refractivity contribution is 0.137. The molecule has 0 aliphatic heterocycles. The minimum atomic E-state index is -0.341. The maximum Gasteiger partial charge on any atom is 0.0359 e. The highest BCUT2D eigenvalue weighted by molar-refractivity contribution is 5.06. The summed E-state index contributed by atoms with van der Waals surface area (Å²) in [5.74, 6) is 0. The van der Waals surface area contributed by atoms with Gasteiger partial charge in [0.1, 0.15) is 0 Å².